The Hall–Kier alpha value is -0.130. The highest BCUT2D eigenvalue weighted by Gasteiger charge is 2.26. The zero-order valence-electron chi connectivity index (χ0n) is 6.54. The first kappa shape index (κ1) is 8.96. The van der Waals surface area contributed by atoms with Crippen LogP contribution in [0.1, 0.15) is 6.42 Å². The molecule has 0 amide bonds. The summed E-state index contributed by atoms with van der Waals surface area (Å²) in [5, 5.41) is 2.99. The van der Waals surface area contributed by atoms with Crippen molar-refractivity contribution in [3.8, 4) is 0 Å². The molecule has 1 atom stereocenters. The first-order valence-electron chi connectivity index (χ1n) is 3.57. The van der Waals surface area contributed by atoms with Crippen LogP contribution in [0.2, 0.25) is 0 Å². The Labute approximate surface area is 66.8 Å². The van der Waals surface area contributed by atoms with E-state index >= 15 is 0 Å². The van der Waals surface area contributed by atoms with E-state index in [2.05, 4.69) is 5.32 Å². The van der Waals surface area contributed by atoms with E-state index in [1.807, 2.05) is 0 Å². The number of hydrogen-bond donors (Lipinski definition) is 1. The van der Waals surface area contributed by atoms with Crippen LogP contribution in [-0.2, 0) is 14.6 Å². The third kappa shape index (κ3) is 2.76. The molecule has 1 heterocycles. The number of ether oxygens (including phenoxy) is 1. The Bertz CT molecular complexity index is 212. The van der Waals surface area contributed by atoms with Crippen LogP contribution in [0, 0.1) is 0 Å². The van der Waals surface area contributed by atoms with E-state index in [-0.39, 0.29) is 11.8 Å². The predicted molar refractivity (Wildman–Crippen MR) is 42.1 cm³/mol. The summed E-state index contributed by atoms with van der Waals surface area (Å²) in [5.74, 6) is 0.574. The van der Waals surface area contributed by atoms with Gasteiger partial charge in [0.25, 0.3) is 0 Å². The molecule has 1 aliphatic heterocycles. The van der Waals surface area contributed by atoms with Gasteiger partial charge in [0.15, 0.2) is 9.84 Å². The molecule has 0 aromatic rings. The van der Waals surface area contributed by atoms with Gasteiger partial charge in [-0.25, -0.2) is 8.42 Å². The number of rotatable bonds is 3. The normalized spacial score (nSPS) is 29.0. The monoisotopic (exact) mass is 179 g/mol. The van der Waals surface area contributed by atoms with Crippen LogP contribution in [0.5, 0.6) is 0 Å². The fraction of sp³-hybridized carbons (Fsp3) is 1.00. The van der Waals surface area contributed by atoms with Crippen LogP contribution in [0.25, 0.3) is 0 Å². The minimum atomic E-state index is -2.74. The molecule has 1 N–H and O–H groups in total. The molecule has 0 aromatic carbocycles. The average molecular weight is 179 g/mol. The maximum absolute atomic E-state index is 10.9. The van der Waals surface area contributed by atoms with Gasteiger partial charge < -0.3 is 4.74 Å². The summed E-state index contributed by atoms with van der Waals surface area (Å²) < 4.78 is 26.6. The van der Waals surface area contributed by atoms with Gasteiger partial charge in [0.2, 0.25) is 0 Å². The molecule has 0 radical (unpaired) electrons. The molecule has 0 aromatic heterocycles. The highest BCUT2D eigenvalue weighted by molar-refractivity contribution is 7.91. The van der Waals surface area contributed by atoms with Crippen molar-refractivity contribution in [2.24, 2.45) is 0 Å². The van der Waals surface area contributed by atoms with Gasteiger partial charge in [-0.3, -0.25) is 5.32 Å². The van der Waals surface area contributed by atoms with Crippen LogP contribution in [0.15, 0.2) is 0 Å². The quantitative estimate of drug-likeness (QED) is 0.586. The lowest BCUT2D eigenvalue weighted by Gasteiger charge is -2.07. The van der Waals surface area contributed by atoms with Crippen LogP contribution in [-0.4, -0.2) is 39.8 Å². The van der Waals surface area contributed by atoms with Gasteiger partial charge in [-0.1, -0.05) is 0 Å². The highest BCUT2D eigenvalue weighted by Crippen LogP contribution is 2.10. The molecule has 1 rings (SSSR count). The Morgan fingerprint density at radius 2 is 2.36 bits per heavy atom. The molecule has 5 heteroatoms. The second kappa shape index (κ2) is 3.51. The van der Waals surface area contributed by atoms with Gasteiger partial charge >= 0.3 is 0 Å². The highest BCUT2D eigenvalue weighted by atomic mass is 32.2. The molecule has 1 fully saturated rings. The summed E-state index contributed by atoms with van der Waals surface area (Å²) in [7, 11) is -1.16. The van der Waals surface area contributed by atoms with Gasteiger partial charge in [-0.15, -0.1) is 0 Å². The SMILES string of the molecule is COCNC1CCS(=O)(=O)C1. The van der Waals surface area contributed by atoms with Crippen molar-refractivity contribution in [3.05, 3.63) is 0 Å². The average Bonchev–Trinajstić information content (AvgIpc) is 2.26. The first-order chi connectivity index (χ1) is 5.14. The molecule has 1 aliphatic rings. The van der Waals surface area contributed by atoms with E-state index < -0.39 is 9.84 Å². The zero-order valence-corrected chi connectivity index (χ0v) is 7.36. The summed E-state index contributed by atoms with van der Waals surface area (Å²) in [6.45, 7) is 0.431. The third-order valence-electron chi connectivity index (χ3n) is 1.75. The summed E-state index contributed by atoms with van der Waals surface area (Å²) in [6.07, 6.45) is 0.714. The fourth-order valence-corrected chi connectivity index (χ4v) is 2.87. The lowest BCUT2D eigenvalue weighted by Crippen LogP contribution is -2.31. The molecule has 0 aliphatic carbocycles. The van der Waals surface area contributed by atoms with Crippen molar-refractivity contribution >= 4 is 9.84 Å². The summed E-state index contributed by atoms with van der Waals surface area (Å²) in [6, 6.07) is 0.0972. The largest absolute Gasteiger partial charge is 0.370 e. The Morgan fingerprint density at radius 3 is 2.82 bits per heavy atom. The minimum absolute atomic E-state index is 0.0972. The Kier molecular flexibility index (Phi) is 2.86. The van der Waals surface area contributed by atoms with E-state index in [0.717, 1.165) is 0 Å². The van der Waals surface area contributed by atoms with Crippen molar-refractivity contribution < 1.29 is 13.2 Å². The Morgan fingerprint density at radius 1 is 1.64 bits per heavy atom. The van der Waals surface area contributed by atoms with E-state index in [9.17, 15) is 8.42 Å². The maximum Gasteiger partial charge on any atom is 0.151 e. The topological polar surface area (TPSA) is 55.4 Å². The first-order valence-corrected chi connectivity index (χ1v) is 5.39. The van der Waals surface area contributed by atoms with E-state index in [4.69, 9.17) is 4.74 Å². The van der Waals surface area contributed by atoms with Crippen molar-refractivity contribution in [1.29, 1.82) is 0 Å². The van der Waals surface area contributed by atoms with Crippen molar-refractivity contribution in [3.63, 3.8) is 0 Å². The second-order valence-electron chi connectivity index (χ2n) is 2.74. The Balaban J connectivity index is 2.31. The molecular weight excluding hydrogens is 166 g/mol. The van der Waals surface area contributed by atoms with Crippen LogP contribution < -0.4 is 5.32 Å². The van der Waals surface area contributed by atoms with Gasteiger partial charge in [-0.05, 0) is 6.42 Å². The number of sulfone groups is 1. The molecule has 66 valence electrons. The lowest BCUT2D eigenvalue weighted by molar-refractivity contribution is 0.166. The van der Waals surface area contributed by atoms with Crippen LogP contribution in [0.4, 0.5) is 0 Å². The van der Waals surface area contributed by atoms with E-state index in [1.165, 1.54) is 0 Å². The predicted octanol–water partition coefficient (Wildman–Crippen LogP) is -0.633. The van der Waals surface area contributed by atoms with E-state index in [0.29, 0.717) is 18.9 Å². The van der Waals surface area contributed by atoms with Crippen LogP contribution in [0.3, 0.4) is 0 Å². The summed E-state index contributed by atoms with van der Waals surface area (Å²) >= 11 is 0. The summed E-state index contributed by atoms with van der Waals surface area (Å²) in [5.41, 5.74) is 0. The van der Waals surface area contributed by atoms with Gasteiger partial charge in [-0.2, -0.15) is 0 Å². The zero-order chi connectivity index (χ0) is 8.32. The number of nitrogens with one attached hydrogen (secondary N) is 1. The minimum Gasteiger partial charge on any atom is -0.370 e. The van der Waals surface area contributed by atoms with Gasteiger partial charge in [0.1, 0.15) is 0 Å². The molecule has 4 nitrogen and oxygen atoms in total. The van der Waals surface area contributed by atoms with E-state index in [1.54, 1.807) is 7.11 Å². The standard InChI is InChI=1S/C6H13NO3S/c1-10-5-7-6-2-3-11(8,9)4-6/h6-7H,2-5H2,1H3. The van der Waals surface area contributed by atoms with Gasteiger partial charge in [0, 0.05) is 13.2 Å². The molecule has 11 heavy (non-hydrogen) atoms. The molecule has 0 spiro atoms. The molecule has 0 bridgehead atoms. The van der Waals surface area contributed by atoms with Crippen molar-refractivity contribution in [2.45, 2.75) is 12.5 Å². The number of methoxy groups -OCH3 is 1. The molecular formula is C6H13NO3S. The lowest BCUT2D eigenvalue weighted by atomic mass is 10.3. The van der Waals surface area contributed by atoms with Gasteiger partial charge in [0.05, 0.1) is 18.2 Å². The molecule has 1 saturated heterocycles. The van der Waals surface area contributed by atoms with Crippen molar-refractivity contribution in [1.82, 2.24) is 5.32 Å². The van der Waals surface area contributed by atoms with Crippen LogP contribution >= 0.6 is 0 Å². The number of hydrogen-bond acceptors (Lipinski definition) is 4. The molecule has 0 saturated carbocycles. The molecule has 1 unspecified atom stereocenters. The smallest absolute Gasteiger partial charge is 0.151 e. The second-order valence-corrected chi connectivity index (χ2v) is 4.97. The van der Waals surface area contributed by atoms with Crippen molar-refractivity contribution in [2.75, 3.05) is 25.3 Å². The fourth-order valence-electron chi connectivity index (χ4n) is 1.16. The maximum atomic E-state index is 10.9. The third-order valence-corrected chi connectivity index (χ3v) is 3.52. The summed E-state index contributed by atoms with van der Waals surface area (Å²) in [4.78, 5) is 0.